The molecule has 7 nitrogen and oxygen atoms in total. The zero-order valence-corrected chi connectivity index (χ0v) is 15.8. The zero-order chi connectivity index (χ0) is 18.8. The Labute approximate surface area is 160 Å². The van der Waals surface area contributed by atoms with Crippen molar-refractivity contribution >= 4 is 34.1 Å². The molecule has 2 aromatic heterocycles. The molecule has 0 atom stereocenters. The summed E-state index contributed by atoms with van der Waals surface area (Å²) in [5.74, 6) is -0.336. The van der Waals surface area contributed by atoms with E-state index in [1.165, 1.54) is 16.2 Å². The van der Waals surface area contributed by atoms with E-state index < -0.39 is 0 Å². The van der Waals surface area contributed by atoms with Crippen LogP contribution in [0.5, 0.6) is 0 Å². The topological polar surface area (TPSA) is 76.5 Å². The van der Waals surface area contributed by atoms with Crippen LogP contribution < -0.4 is 5.32 Å². The lowest BCUT2D eigenvalue weighted by Gasteiger charge is -2.25. The van der Waals surface area contributed by atoms with Gasteiger partial charge < -0.3 is 19.5 Å². The Morgan fingerprint density at radius 3 is 3.04 bits per heavy atom. The first-order valence-electron chi connectivity index (χ1n) is 8.76. The van der Waals surface area contributed by atoms with Crippen molar-refractivity contribution in [3.63, 3.8) is 0 Å². The Hall–Kier alpha value is -2.71. The normalized spacial score (nSPS) is 14.6. The first-order chi connectivity index (χ1) is 13.2. The van der Waals surface area contributed by atoms with E-state index in [1.54, 1.807) is 12.5 Å². The minimum Gasteiger partial charge on any atom is -0.383 e. The molecule has 140 valence electrons. The number of fused-ring (bicyclic) bond motifs is 1. The second kappa shape index (κ2) is 7.50. The van der Waals surface area contributed by atoms with Crippen molar-refractivity contribution in [3.8, 4) is 10.7 Å². The standard InChI is InChI=1S/C19H20N4O3S/c1-26-9-8-23-15-5-3-2-4-13(15)10-16(23)18-21-14(12-27-18)19(25)22-7-6-20-17(24)11-22/h2-5,10,12H,6-9,11H2,1H3,(H,20,24). The predicted octanol–water partition coefficient (Wildman–Crippen LogP) is 1.98. The molecule has 27 heavy (non-hydrogen) atoms. The van der Waals surface area contributed by atoms with Gasteiger partial charge in [0, 0.05) is 43.0 Å². The molecule has 0 spiro atoms. The van der Waals surface area contributed by atoms with Gasteiger partial charge in [-0.15, -0.1) is 11.3 Å². The van der Waals surface area contributed by atoms with Crippen molar-refractivity contribution in [2.45, 2.75) is 6.54 Å². The summed E-state index contributed by atoms with van der Waals surface area (Å²) in [7, 11) is 1.68. The van der Waals surface area contributed by atoms with Gasteiger partial charge in [-0.2, -0.15) is 0 Å². The molecule has 3 heterocycles. The third kappa shape index (κ3) is 3.45. The van der Waals surface area contributed by atoms with Crippen molar-refractivity contribution in [3.05, 3.63) is 41.4 Å². The smallest absolute Gasteiger partial charge is 0.273 e. The molecule has 2 amide bonds. The molecule has 0 bridgehead atoms. The fourth-order valence-corrected chi connectivity index (χ4v) is 4.09. The molecule has 3 aromatic rings. The molecule has 4 rings (SSSR count). The van der Waals surface area contributed by atoms with Gasteiger partial charge in [-0.25, -0.2) is 4.98 Å². The van der Waals surface area contributed by atoms with Gasteiger partial charge in [0.05, 0.1) is 18.8 Å². The van der Waals surface area contributed by atoms with Gasteiger partial charge in [0.1, 0.15) is 10.7 Å². The number of rotatable bonds is 5. The third-order valence-corrected chi connectivity index (χ3v) is 5.46. The number of piperazine rings is 1. The summed E-state index contributed by atoms with van der Waals surface area (Å²) in [5, 5.41) is 6.40. The molecule has 8 heteroatoms. The maximum Gasteiger partial charge on any atom is 0.273 e. The van der Waals surface area contributed by atoms with Gasteiger partial charge in [0.2, 0.25) is 5.91 Å². The molecular weight excluding hydrogens is 364 g/mol. The first kappa shape index (κ1) is 17.7. The van der Waals surface area contributed by atoms with Crippen LogP contribution in [-0.4, -0.2) is 59.6 Å². The van der Waals surface area contributed by atoms with Crippen LogP contribution in [-0.2, 0) is 16.1 Å². The van der Waals surface area contributed by atoms with E-state index >= 15 is 0 Å². The van der Waals surface area contributed by atoms with E-state index in [9.17, 15) is 9.59 Å². The molecule has 1 aromatic carbocycles. The van der Waals surface area contributed by atoms with E-state index in [-0.39, 0.29) is 18.4 Å². The van der Waals surface area contributed by atoms with Crippen LogP contribution in [0.15, 0.2) is 35.7 Å². The second-order valence-electron chi connectivity index (χ2n) is 6.35. The summed E-state index contributed by atoms with van der Waals surface area (Å²) in [5.41, 5.74) is 2.46. The largest absolute Gasteiger partial charge is 0.383 e. The molecular formula is C19H20N4O3S. The van der Waals surface area contributed by atoms with Crippen molar-refractivity contribution < 1.29 is 14.3 Å². The Balaban J connectivity index is 1.66. The average molecular weight is 384 g/mol. The number of carbonyl (C=O) groups excluding carboxylic acids is 2. The number of aromatic nitrogens is 2. The second-order valence-corrected chi connectivity index (χ2v) is 7.21. The van der Waals surface area contributed by atoms with Crippen molar-refractivity contribution in [1.29, 1.82) is 0 Å². The maximum atomic E-state index is 12.7. The van der Waals surface area contributed by atoms with Gasteiger partial charge in [0.15, 0.2) is 0 Å². The predicted molar refractivity (Wildman–Crippen MR) is 104 cm³/mol. The van der Waals surface area contributed by atoms with Crippen LogP contribution in [0.3, 0.4) is 0 Å². The highest BCUT2D eigenvalue weighted by Crippen LogP contribution is 2.30. The van der Waals surface area contributed by atoms with Crippen molar-refractivity contribution in [2.24, 2.45) is 0 Å². The number of carbonyl (C=O) groups is 2. The summed E-state index contributed by atoms with van der Waals surface area (Å²) >= 11 is 1.44. The third-order valence-electron chi connectivity index (χ3n) is 4.60. The summed E-state index contributed by atoms with van der Waals surface area (Å²) in [4.78, 5) is 30.3. The fraction of sp³-hybridized carbons (Fsp3) is 0.316. The molecule has 1 fully saturated rings. The molecule has 1 aliphatic heterocycles. The molecule has 0 unspecified atom stereocenters. The molecule has 0 radical (unpaired) electrons. The van der Waals surface area contributed by atoms with Crippen LogP contribution in [0.25, 0.3) is 21.6 Å². The number of nitrogens with zero attached hydrogens (tertiary/aromatic N) is 3. The lowest BCUT2D eigenvalue weighted by atomic mass is 10.2. The Morgan fingerprint density at radius 1 is 1.37 bits per heavy atom. The zero-order valence-electron chi connectivity index (χ0n) is 15.0. The van der Waals surface area contributed by atoms with Crippen LogP contribution in [0.2, 0.25) is 0 Å². The minimum atomic E-state index is -0.202. The number of hydrogen-bond donors (Lipinski definition) is 1. The number of hydrogen-bond acceptors (Lipinski definition) is 5. The SMILES string of the molecule is COCCn1c(-c2nc(C(=O)N3CCNC(=O)C3)cs2)cc2ccccc21. The van der Waals surface area contributed by atoms with E-state index in [2.05, 4.69) is 33.1 Å². The Kier molecular flexibility index (Phi) is 4.91. The number of thiazole rings is 1. The van der Waals surface area contributed by atoms with Crippen LogP contribution >= 0.6 is 11.3 Å². The number of benzene rings is 1. The maximum absolute atomic E-state index is 12.7. The minimum absolute atomic E-state index is 0.0831. The highest BCUT2D eigenvalue weighted by atomic mass is 32.1. The quantitative estimate of drug-likeness (QED) is 0.730. The highest BCUT2D eigenvalue weighted by molar-refractivity contribution is 7.13. The Bertz CT molecular complexity index is 994. The molecule has 1 saturated heterocycles. The first-order valence-corrected chi connectivity index (χ1v) is 9.64. The van der Waals surface area contributed by atoms with Crippen LogP contribution in [0, 0.1) is 0 Å². The molecule has 1 N–H and O–H groups in total. The number of para-hydroxylation sites is 1. The van der Waals surface area contributed by atoms with Gasteiger partial charge in [-0.3, -0.25) is 9.59 Å². The number of ether oxygens (including phenoxy) is 1. The van der Waals surface area contributed by atoms with Gasteiger partial charge >= 0.3 is 0 Å². The lowest BCUT2D eigenvalue weighted by molar-refractivity contribution is -0.123. The highest BCUT2D eigenvalue weighted by Gasteiger charge is 2.25. The number of nitrogens with one attached hydrogen (secondary N) is 1. The summed E-state index contributed by atoms with van der Waals surface area (Å²) in [6.07, 6.45) is 0. The molecule has 0 saturated carbocycles. The van der Waals surface area contributed by atoms with E-state index in [4.69, 9.17) is 4.74 Å². The number of amides is 2. The summed E-state index contributed by atoms with van der Waals surface area (Å²) in [6, 6.07) is 10.2. The van der Waals surface area contributed by atoms with Crippen LogP contribution in [0.1, 0.15) is 10.5 Å². The van der Waals surface area contributed by atoms with Crippen molar-refractivity contribution in [1.82, 2.24) is 19.8 Å². The van der Waals surface area contributed by atoms with Crippen LogP contribution in [0.4, 0.5) is 0 Å². The number of methoxy groups -OCH3 is 1. The van der Waals surface area contributed by atoms with Gasteiger partial charge in [-0.1, -0.05) is 18.2 Å². The van der Waals surface area contributed by atoms with Gasteiger partial charge in [-0.05, 0) is 12.1 Å². The van der Waals surface area contributed by atoms with E-state index in [0.29, 0.717) is 31.9 Å². The van der Waals surface area contributed by atoms with Crippen molar-refractivity contribution in [2.75, 3.05) is 33.4 Å². The van der Waals surface area contributed by atoms with E-state index in [1.807, 2.05) is 12.1 Å². The van der Waals surface area contributed by atoms with E-state index in [0.717, 1.165) is 21.6 Å². The lowest BCUT2D eigenvalue weighted by Crippen LogP contribution is -2.50. The molecule has 1 aliphatic rings. The van der Waals surface area contributed by atoms with Gasteiger partial charge in [0.25, 0.3) is 5.91 Å². The average Bonchev–Trinajstić information content (AvgIpc) is 3.30. The molecule has 0 aliphatic carbocycles. The Morgan fingerprint density at radius 2 is 2.22 bits per heavy atom. The summed E-state index contributed by atoms with van der Waals surface area (Å²) < 4.78 is 7.42. The fourth-order valence-electron chi connectivity index (χ4n) is 3.27. The summed E-state index contributed by atoms with van der Waals surface area (Å²) in [6.45, 7) is 2.36. The monoisotopic (exact) mass is 384 g/mol.